The zero-order valence-corrected chi connectivity index (χ0v) is 20.2. The molecular formula is C24H32N2O6S. The number of rotatable bonds is 11. The summed E-state index contributed by atoms with van der Waals surface area (Å²) in [5.41, 5.74) is 2.67. The summed E-state index contributed by atoms with van der Waals surface area (Å²) >= 11 is 0. The van der Waals surface area contributed by atoms with Crippen LogP contribution in [0.1, 0.15) is 24.0 Å². The van der Waals surface area contributed by atoms with Crippen molar-refractivity contribution in [2.24, 2.45) is 0 Å². The molecule has 3 rings (SSSR count). The molecule has 1 unspecified atom stereocenters. The van der Waals surface area contributed by atoms with E-state index in [0.29, 0.717) is 31.3 Å². The van der Waals surface area contributed by atoms with Gasteiger partial charge in [0.1, 0.15) is 12.4 Å². The minimum Gasteiger partial charge on any atom is -0.491 e. The molecule has 180 valence electrons. The molecule has 1 N–H and O–H groups in total. The molecule has 0 saturated carbocycles. The van der Waals surface area contributed by atoms with Crippen molar-refractivity contribution in [2.45, 2.75) is 37.7 Å². The zero-order chi connectivity index (χ0) is 23.8. The van der Waals surface area contributed by atoms with Crippen LogP contribution < -0.4 is 10.1 Å². The molecule has 2 aromatic carbocycles. The number of anilines is 1. The molecular weight excluding hydrogens is 444 g/mol. The Morgan fingerprint density at radius 3 is 2.58 bits per heavy atom. The second kappa shape index (κ2) is 11.6. The van der Waals surface area contributed by atoms with E-state index in [4.69, 9.17) is 14.2 Å². The Balaban J connectivity index is 1.77. The van der Waals surface area contributed by atoms with E-state index in [1.165, 1.54) is 16.4 Å². The molecule has 1 atom stereocenters. The van der Waals surface area contributed by atoms with Gasteiger partial charge in [0.2, 0.25) is 15.9 Å². The number of sulfonamides is 1. The van der Waals surface area contributed by atoms with E-state index in [1.54, 1.807) is 19.2 Å². The predicted molar refractivity (Wildman–Crippen MR) is 126 cm³/mol. The van der Waals surface area contributed by atoms with Crippen molar-refractivity contribution < 1.29 is 27.4 Å². The molecule has 8 nitrogen and oxygen atoms in total. The van der Waals surface area contributed by atoms with E-state index in [1.807, 2.05) is 32.0 Å². The van der Waals surface area contributed by atoms with Crippen molar-refractivity contribution in [1.82, 2.24) is 4.31 Å². The van der Waals surface area contributed by atoms with Crippen LogP contribution in [0.25, 0.3) is 0 Å². The summed E-state index contributed by atoms with van der Waals surface area (Å²) in [6.07, 6.45) is 1.41. The fourth-order valence-electron chi connectivity index (χ4n) is 3.60. The van der Waals surface area contributed by atoms with E-state index in [0.717, 1.165) is 24.0 Å². The van der Waals surface area contributed by atoms with Crippen molar-refractivity contribution in [1.29, 1.82) is 0 Å². The fourth-order valence-corrected chi connectivity index (χ4v) is 5.03. The lowest BCUT2D eigenvalue weighted by atomic mass is 10.1. The first kappa shape index (κ1) is 25.2. The molecule has 33 heavy (non-hydrogen) atoms. The highest BCUT2D eigenvalue weighted by molar-refractivity contribution is 7.89. The molecule has 0 radical (unpaired) electrons. The van der Waals surface area contributed by atoms with Gasteiger partial charge in [0.15, 0.2) is 0 Å². The largest absolute Gasteiger partial charge is 0.491 e. The van der Waals surface area contributed by atoms with Gasteiger partial charge >= 0.3 is 0 Å². The first-order valence-electron chi connectivity index (χ1n) is 11.0. The van der Waals surface area contributed by atoms with Gasteiger partial charge in [-0.1, -0.05) is 12.1 Å². The van der Waals surface area contributed by atoms with Gasteiger partial charge in [-0.2, -0.15) is 4.31 Å². The Kier molecular flexibility index (Phi) is 8.85. The Morgan fingerprint density at radius 1 is 1.15 bits per heavy atom. The number of aryl methyl sites for hydroxylation is 1. The molecule has 2 aromatic rings. The molecule has 0 bridgehead atoms. The number of ether oxygens (including phenoxy) is 3. The van der Waals surface area contributed by atoms with Crippen LogP contribution >= 0.6 is 0 Å². The van der Waals surface area contributed by atoms with E-state index < -0.39 is 15.9 Å². The Hall–Kier alpha value is -2.46. The SMILES string of the molecule is COCCOc1ccc(S(=O)(=O)N(CC(=O)Nc2cccc(C)c2C)CC2CCCO2)cc1. The molecule has 1 heterocycles. The molecule has 0 spiro atoms. The van der Waals surface area contributed by atoms with E-state index in [-0.39, 0.29) is 24.1 Å². The maximum absolute atomic E-state index is 13.4. The maximum atomic E-state index is 13.4. The van der Waals surface area contributed by atoms with Crippen LogP contribution in [0.3, 0.4) is 0 Å². The van der Waals surface area contributed by atoms with Crippen LogP contribution in [0.15, 0.2) is 47.4 Å². The Morgan fingerprint density at radius 2 is 1.91 bits per heavy atom. The first-order chi connectivity index (χ1) is 15.8. The Bertz CT molecular complexity index is 1030. The number of carbonyl (C=O) groups is 1. The number of methoxy groups -OCH3 is 1. The van der Waals surface area contributed by atoms with Crippen molar-refractivity contribution in [3.05, 3.63) is 53.6 Å². The monoisotopic (exact) mass is 476 g/mol. The van der Waals surface area contributed by atoms with Crippen LogP contribution in [-0.4, -0.2) is 64.8 Å². The Labute approximate surface area is 195 Å². The topological polar surface area (TPSA) is 94.2 Å². The molecule has 1 aliphatic heterocycles. The second-order valence-electron chi connectivity index (χ2n) is 8.04. The predicted octanol–water partition coefficient (Wildman–Crippen LogP) is 3.14. The molecule has 1 fully saturated rings. The van der Waals surface area contributed by atoms with Gasteiger partial charge in [0.05, 0.1) is 24.2 Å². The summed E-state index contributed by atoms with van der Waals surface area (Å²) in [5, 5.41) is 2.85. The third-order valence-corrected chi connectivity index (χ3v) is 7.47. The molecule has 1 amide bonds. The summed E-state index contributed by atoms with van der Waals surface area (Å²) in [6, 6.07) is 11.8. The third kappa shape index (κ3) is 6.77. The summed E-state index contributed by atoms with van der Waals surface area (Å²) in [7, 11) is -2.34. The zero-order valence-electron chi connectivity index (χ0n) is 19.4. The number of nitrogens with zero attached hydrogens (tertiary/aromatic N) is 1. The minimum atomic E-state index is -3.92. The highest BCUT2D eigenvalue weighted by atomic mass is 32.2. The number of carbonyl (C=O) groups excluding carboxylic acids is 1. The summed E-state index contributed by atoms with van der Waals surface area (Å²) in [4.78, 5) is 12.9. The lowest BCUT2D eigenvalue weighted by Crippen LogP contribution is -2.42. The first-order valence-corrected chi connectivity index (χ1v) is 12.4. The van der Waals surface area contributed by atoms with Crippen molar-refractivity contribution in [3.8, 4) is 5.75 Å². The minimum absolute atomic E-state index is 0.0964. The van der Waals surface area contributed by atoms with E-state index in [2.05, 4.69) is 5.32 Å². The van der Waals surface area contributed by atoms with Gasteiger partial charge in [-0.3, -0.25) is 4.79 Å². The quantitative estimate of drug-likeness (QED) is 0.501. The average Bonchev–Trinajstić information content (AvgIpc) is 3.30. The number of nitrogens with one attached hydrogen (secondary N) is 1. The van der Waals surface area contributed by atoms with E-state index >= 15 is 0 Å². The van der Waals surface area contributed by atoms with Crippen LogP contribution in [0, 0.1) is 13.8 Å². The lowest BCUT2D eigenvalue weighted by Gasteiger charge is -2.24. The van der Waals surface area contributed by atoms with Gasteiger partial charge in [-0.25, -0.2) is 8.42 Å². The smallest absolute Gasteiger partial charge is 0.243 e. The van der Waals surface area contributed by atoms with Crippen molar-refractivity contribution in [2.75, 3.05) is 45.3 Å². The fraction of sp³-hybridized carbons (Fsp3) is 0.458. The lowest BCUT2D eigenvalue weighted by molar-refractivity contribution is -0.116. The van der Waals surface area contributed by atoms with Gasteiger partial charge in [0, 0.05) is 25.9 Å². The summed E-state index contributed by atoms with van der Waals surface area (Å²) < 4.78 is 44.2. The van der Waals surface area contributed by atoms with Crippen LogP contribution in [-0.2, 0) is 24.3 Å². The maximum Gasteiger partial charge on any atom is 0.243 e. The highest BCUT2D eigenvalue weighted by Gasteiger charge is 2.31. The van der Waals surface area contributed by atoms with Crippen LogP contribution in [0.4, 0.5) is 5.69 Å². The normalized spacial score (nSPS) is 16.2. The van der Waals surface area contributed by atoms with Crippen LogP contribution in [0.2, 0.25) is 0 Å². The van der Waals surface area contributed by atoms with Crippen LogP contribution in [0.5, 0.6) is 5.75 Å². The van der Waals surface area contributed by atoms with Gasteiger partial charge in [-0.05, 0) is 68.1 Å². The highest BCUT2D eigenvalue weighted by Crippen LogP contribution is 2.23. The van der Waals surface area contributed by atoms with Gasteiger partial charge < -0.3 is 19.5 Å². The molecule has 1 aliphatic rings. The molecule has 0 aromatic heterocycles. The molecule has 0 aliphatic carbocycles. The molecule has 9 heteroatoms. The van der Waals surface area contributed by atoms with E-state index in [9.17, 15) is 13.2 Å². The number of benzene rings is 2. The van der Waals surface area contributed by atoms with Crippen molar-refractivity contribution >= 4 is 21.6 Å². The summed E-state index contributed by atoms with van der Waals surface area (Å²) in [5.74, 6) is 0.147. The van der Waals surface area contributed by atoms with Crippen molar-refractivity contribution in [3.63, 3.8) is 0 Å². The molecule has 1 saturated heterocycles. The number of amides is 1. The second-order valence-corrected chi connectivity index (χ2v) is 9.98. The van der Waals surface area contributed by atoms with Gasteiger partial charge in [0.25, 0.3) is 0 Å². The number of hydrogen-bond acceptors (Lipinski definition) is 6. The van der Waals surface area contributed by atoms with Gasteiger partial charge in [-0.15, -0.1) is 0 Å². The summed E-state index contributed by atoms with van der Waals surface area (Å²) in [6.45, 7) is 5.10. The average molecular weight is 477 g/mol. The third-order valence-electron chi connectivity index (χ3n) is 5.65. The standard InChI is InChI=1S/C24H32N2O6S/c1-18-6-4-8-23(19(18)2)25-24(27)17-26(16-21-7-5-13-31-21)33(28,29)22-11-9-20(10-12-22)32-15-14-30-3/h4,6,8-12,21H,5,7,13-17H2,1-3H3,(H,25,27). The number of hydrogen-bond donors (Lipinski definition) is 1.